The number of carbonyl (C=O) groups excluding carboxylic acids is 1. The number of aryl methyl sites for hydroxylation is 1. The van der Waals surface area contributed by atoms with Crippen molar-refractivity contribution < 1.29 is 4.79 Å². The van der Waals surface area contributed by atoms with Crippen molar-refractivity contribution in [2.45, 2.75) is 32.2 Å². The molecule has 4 heteroatoms. The molecule has 3 atom stereocenters. The van der Waals surface area contributed by atoms with Crippen molar-refractivity contribution in [1.82, 2.24) is 9.80 Å². The molecule has 3 aliphatic heterocycles. The van der Waals surface area contributed by atoms with Gasteiger partial charge < -0.3 is 9.80 Å². The molecule has 5 rings (SSSR count). The molecule has 0 aliphatic carbocycles. The quantitative estimate of drug-likeness (QED) is 0.762. The van der Waals surface area contributed by atoms with Gasteiger partial charge in [-0.05, 0) is 74.5 Å². The van der Waals surface area contributed by atoms with Gasteiger partial charge >= 0.3 is 0 Å². The fraction of sp³-hybridized carbons (Fsp3) is 0.500. The zero-order chi connectivity index (χ0) is 20.7. The molecule has 2 aromatic rings. The molecule has 4 nitrogen and oxygen atoms in total. The number of rotatable bonds is 3. The summed E-state index contributed by atoms with van der Waals surface area (Å²) in [7, 11) is 2.24. The van der Waals surface area contributed by atoms with Crippen LogP contribution in [0.4, 0.5) is 5.69 Å². The van der Waals surface area contributed by atoms with Crippen LogP contribution in [0.1, 0.15) is 46.8 Å². The maximum Gasteiger partial charge on any atom is 0.253 e. The first-order chi connectivity index (χ1) is 14.6. The fourth-order valence-electron chi connectivity index (χ4n) is 5.96. The molecular weight excluding hydrogens is 370 g/mol. The van der Waals surface area contributed by atoms with Crippen LogP contribution in [-0.2, 0) is 0 Å². The third kappa shape index (κ3) is 3.51. The maximum atomic E-state index is 13.3. The van der Waals surface area contributed by atoms with Crippen molar-refractivity contribution in [1.29, 1.82) is 0 Å². The molecule has 3 saturated heterocycles. The first-order valence-electron chi connectivity index (χ1n) is 11.5. The van der Waals surface area contributed by atoms with E-state index < -0.39 is 0 Å². The summed E-state index contributed by atoms with van der Waals surface area (Å²) in [5.41, 5.74) is 4.86. The number of nitrogens with zero attached hydrogens (tertiary/aromatic N) is 3. The second kappa shape index (κ2) is 8.07. The number of piperidine rings is 1. The fourth-order valence-corrected chi connectivity index (χ4v) is 5.96. The molecule has 0 spiro atoms. The molecular formula is C26H33N3O. The van der Waals surface area contributed by atoms with E-state index in [9.17, 15) is 4.79 Å². The van der Waals surface area contributed by atoms with E-state index in [-0.39, 0.29) is 5.91 Å². The molecule has 0 N–H and O–H groups in total. The number of hydrogen-bond acceptors (Lipinski definition) is 3. The lowest BCUT2D eigenvalue weighted by Crippen LogP contribution is -2.33. The summed E-state index contributed by atoms with van der Waals surface area (Å²) in [5.74, 6) is 1.28. The van der Waals surface area contributed by atoms with Crippen LogP contribution >= 0.6 is 0 Å². The molecule has 3 fully saturated rings. The summed E-state index contributed by atoms with van der Waals surface area (Å²) < 4.78 is 0. The van der Waals surface area contributed by atoms with E-state index in [2.05, 4.69) is 65.1 Å². The van der Waals surface area contributed by atoms with Crippen LogP contribution < -0.4 is 4.90 Å². The van der Waals surface area contributed by atoms with Crippen LogP contribution in [-0.4, -0.2) is 55.5 Å². The Bertz CT molecular complexity index is 903. The van der Waals surface area contributed by atoms with E-state index in [4.69, 9.17) is 0 Å². The summed E-state index contributed by atoms with van der Waals surface area (Å²) in [5, 5.41) is 0. The monoisotopic (exact) mass is 403 g/mol. The minimum absolute atomic E-state index is 0.195. The largest absolute Gasteiger partial charge is 0.372 e. The van der Waals surface area contributed by atoms with Gasteiger partial charge in [0.2, 0.25) is 0 Å². The van der Waals surface area contributed by atoms with Crippen molar-refractivity contribution in [2.75, 3.05) is 44.7 Å². The highest BCUT2D eigenvalue weighted by molar-refractivity contribution is 5.94. The number of fused-ring (bicyclic) bond motifs is 1. The summed E-state index contributed by atoms with van der Waals surface area (Å²) >= 11 is 0. The Kier molecular flexibility index (Phi) is 5.28. The van der Waals surface area contributed by atoms with Gasteiger partial charge in [-0.15, -0.1) is 0 Å². The van der Waals surface area contributed by atoms with Crippen molar-refractivity contribution >= 4 is 11.6 Å². The zero-order valence-electron chi connectivity index (χ0n) is 18.3. The van der Waals surface area contributed by atoms with E-state index in [0.29, 0.717) is 17.9 Å². The van der Waals surface area contributed by atoms with Gasteiger partial charge in [-0.3, -0.25) is 9.69 Å². The van der Waals surface area contributed by atoms with Gasteiger partial charge in [0, 0.05) is 55.9 Å². The summed E-state index contributed by atoms with van der Waals surface area (Å²) in [4.78, 5) is 20.3. The molecule has 30 heavy (non-hydrogen) atoms. The lowest BCUT2D eigenvalue weighted by Gasteiger charge is -2.29. The summed E-state index contributed by atoms with van der Waals surface area (Å²) in [6, 6.07) is 17.5. The van der Waals surface area contributed by atoms with Gasteiger partial charge in [-0.2, -0.15) is 0 Å². The second-order valence-corrected chi connectivity index (χ2v) is 9.47. The highest BCUT2D eigenvalue weighted by atomic mass is 16.2. The first kappa shape index (κ1) is 19.6. The minimum Gasteiger partial charge on any atom is -0.372 e. The van der Waals surface area contributed by atoms with Crippen molar-refractivity contribution in [3.8, 4) is 0 Å². The average molecular weight is 404 g/mol. The standard InChI is InChI=1S/C26H33N3O/c1-19-8-4-5-9-23(19)25-24-18-29(17-21(24)16-27(25)2)26(30)20-10-12-22(13-11-20)28-14-6-3-7-15-28/h4-5,8-13,21,24-25H,3,6-7,14-18H2,1-2H3/t21-,24+,25-/m0/s1. The predicted molar refractivity (Wildman–Crippen MR) is 122 cm³/mol. The van der Waals surface area contributed by atoms with E-state index in [0.717, 1.165) is 38.3 Å². The van der Waals surface area contributed by atoms with E-state index >= 15 is 0 Å². The highest BCUT2D eigenvalue weighted by Crippen LogP contribution is 2.45. The summed E-state index contributed by atoms with van der Waals surface area (Å²) in [6.07, 6.45) is 3.88. The molecule has 3 heterocycles. The van der Waals surface area contributed by atoms with Crippen LogP contribution in [0.5, 0.6) is 0 Å². The number of amides is 1. The molecule has 0 radical (unpaired) electrons. The van der Waals surface area contributed by atoms with E-state index in [1.807, 2.05) is 12.1 Å². The number of benzene rings is 2. The second-order valence-electron chi connectivity index (χ2n) is 9.47. The van der Waals surface area contributed by atoms with Crippen molar-refractivity contribution in [2.24, 2.45) is 11.8 Å². The molecule has 2 aromatic carbocycles. The Hall–Kier alpha value is -2.33. The Morgan fingerprint density at radius 2 is 1.63 bits per heavy atom. The van der Waals surface area contributed by atoms with Gasteiger partial charge in [0.25, 0.3) is 5.91 Å². The topological polar surface area (TPSA) is 26.8 Å². The lowest BCUT2D eigenvalue weighted by molar-refractivity contribution is 0.0768. The van der Waals surface area contributed by atoms with Crippen LogP contribution in [0, 0.1) is 18.8 Å². The van der Waals surface area contributed by atoms with Gasteiger partial charge in [-0.1, -0.05) is 24.3 Å². The smallest absolute Gasteiger partial charge is 0.253 e. The predicted octanol–water partition coefficient (Wildman–Crippen LogP) is 4.36. The van der Waals surface area contributed by atoms with Gasteiger partial charge in [-0.25, -0.2) is 0 Å². The van der Waals surface area contributed by atoms with E-state index in [1.54, 1.807) is 0 Å². The number of hydrogen-bond donors (Lipinski definition) is 0. The Morgan fingerprint density at radius 3 is 2.37 bits per heavy atom. The number of likely N-dealkylation sites (tertiary alicyclic amines) is 2. The number of carbonyl (C=O) groups is 1. The molecule has 0 saturated carbocycles. The van der Waals surface area contributed by atoms with Crippen LogP contribution in [0.15, 0.2) is 48.5 Å². The van der Waals surface area contributed by atoms with Crippen LogP contribution in [0.25, 0.3) is 0 Å². The van der Waals surface area contributed by atoms with Crippen molar-refractivity contribution in [3.05, 3.63) is 65.2 Å². The number of anilines is 1. The molecule has 158 valence electrons. The van der Waals surface area contributed by atoms with Gasteiger partial charge in [0.1, 0.15) is 0 Å². The average Bonchev–Trinajstić information content (AvgIpc) is 3.31. The summed E-state index contributed by atoms with van der Waals surface area (Å²) in [6.45, 7) is 7.29. The Balaban J connectivity index is 1.30. The van der Waals surface area contributed by atoms with Crippen LogP contribution in [0.3, 0.4) is 0 Å². The highest BCUT2D eigenvalue weighted by Gasteiger charge is 2.47. The Morgan fingerprint density at radius 1 is 0.900 bits per heavy atom. The van der Waals surface area contributed by atoms with E-state index in [1.165, 1.54) is 36.1 Å². The molecule has 0 unspecified atom stereocenters. The molecule has 3 aliphatic rings. The van der Waals surface area contributed by atoms with Crippen LogP contribution in [0.2, 0.25) is 0 Å². The Labute approximate surface area is 180 Å². The minimum atomic E-state index is 0.195. The maximum absolute atomic E-state index is 13.3. The molecule has 1 amide bonds. The lowest BCUT2D eigenvalue weighted by atomic mass is 9.88. The van der Waals surface area contributed by atoms with Gasteiger partial charge in [0.05, 0.1) is 0 Å². The first-order valence-corrected chi connectivity index (χ1v) is 11.5. The SMILES string of the molecule is Cc1ccccc1[C@H]1[C@@H]2CN(C(=O)c3ccc(N4CCCCC4)cc3)C[C@@H]2CN1C. The molecule has 0 bridgehead atoms. The third-order valence-corrected chi connectivity index (χ3v) is 7.52. The normalized spacial score (nSPS) is 26.8. The third-order valence-electron chi connectivity index (χ3n) is 7.52. The van der Waals surface area contributed by atoms with Gasteiger partial charge in [0.15, 0.2) is 0 Å². The van der Waals surface area contributed by atoms with Crippen molar-refractivity contribution in [3.63, 3.8) is 0 Å². The molecule has 0 aromatic heterocycles. The zero-order valence-corrected chi connectivity index (χ0v) is 18.3.